The minimum Gasteiger partial charge on any atom is -0.492 e. The van der Waals surface area contributed by atoms with Crippen LogP contribution in [0.5, 0.6) is 5.75 Å². The minimum atomic E-state index is -0.601. The van der Waals surface area contributed by atoms with Crippen molar-refractivity contribution >= 4 is 23.5 Å². The van der Waals surface area contributed by atoms with E-state index in [0.29, 0.717) is 18.1 Å². The van der Waals surface area contributed by atoms with Gasteiger partial charge >= 0.3 is 5.97 Å². The van der Waals surface area contributed by atoms with Crippen molar-refractivity contribution in [3.63, 3.8) is 0 Å². The summed E-state index contributed by atoms with van der Waals surface area (Å²) in [4.78, 5) is 35.3. The maximum absolute atomic E-state index is 12.4. The van der Waals surface area contributed by atoms with Gasteiger partial charge < -0.3 is 25.2 Å². The summed E-state index contributed by atoms with van der Waals surface area (Å²) in [5, 5.41) is 15.4. The van der Waals surface area contributed by atoms with Crippen LogP contribution in [0.1, 0.15) is 44.0 Å². The number of ether oxygens (including phenoxy) is 2. The summed E-state index contributed by atoms with van der Waals surface area (Å²) in [6.45, 7) is 8.40. The average molecular weight is 548 g/mol. The predicted molar refractivity (Wildman–Crippen MR) is 153 cm³/mol. The van der Waals surface area contributed by atoms with Crippen LogP contribution in [-0.4, -0.2) is 76.3 Å². The first kappa shape index (κ1) is 29.0. The molecule has 1 amide bonds. The lowest BCUT2D eigenvalue weighted by molar-refractivity contribution is -0.153. The molecule has 1 aliphatic heterocycles. The van der Waals surface area contributed by atoms with Crippen molar-refractivity contribution in [2.75, 3.05) is 38.1 Å². The van der Waals surface area contributed by atoms with Gasteiger partial charge in [-0.1, -0.05) is 12.1 Å². The number of aromatic nitrogens is 2. The summed E-state index contributed by atoms with van der Waals surface area (Å²) in [6, 6.07) is 14.6. The number of piperidine rings is 1. The Hall–Kier alpha value is -4.02. The van der Waals surface area contributed by atoms with Crippen LogP contribution >= 0.6 is 0 Å². The molecule has 4 rings (SSSR count). The number of nitrogens with zero attached hydrogens (tertiary/aromatic N) is 3. The van der Waals surface area contributed by atoms with Gasteiger partial charge in [0.05, 0.1) is 6.10 Å². The average Bonchev–Trinajstić information content (AvgIpc) is 2.93. The number of esters is 1. The SMILES string of the molecule is CC(C)(C)OC(=O)CNC(=O)c1ccc(-c2cnc(Nc3ccc(OCCN4CCC(O)CC4)cc3)nc2)cc1. The second-order valence-corrected chi connectivity index (χ2v) is 10.7. The van der Waals surface area contributed by atoms with E-state index in [2.05, 4.69) is 25.5 Å². The van der Waals surface area contributed by atoms with Crippen molar-refractivity contribution in [2.24, 2.45) is 0 Å². The summed E-state index contributed by atoms with van der Waals surface area (Å²) in [7, 11) is 0. The molecular weight excluding hydrogens is 510 g/mol. The highest BCUT2D eigenvalue weighted by Gasteiger charge is 2.18. The number of carbonyl (C=O) groups excluding carboxylic acids is 2. The fourth-order valence-corrected chi connectivity index (χ4v) is 4.19. The molecule has 0 bridgehead atoms. The third kappa shape index (κ3) is 9.03. The Balaban J connectivity index is 1.23. The summed E-state index contributed by atoms with van der Waals surface area (Å²) in [6.07, 6.45) is 4.91. The molecule has 0 spiro atoms. The van der Waals surface area contributed by atoms with Crippen molar-refractivity contribution in [3.8, 4) is 16.9 Å². The number of benzene rings is 2. The molecule has 212 valence electrons. The van der Waals surface area contributed by atoms with Gasteiger partial charge in [-0.3, -0.25) is 14.5 Å². The number of amides is 1. The van der Waals surface area contributed by atoms with Crippen LogP contribution in [0.15, 0.2) is 60.9 Å². The van der Waals surface area contributed by atoms with Crippen LogP contribution in [0.3, 0.4) is 0 Å². The monoisotopic (exact) mass is 547 g/mol. The predicted octanol–water partition coefficient (Wildman–Crippen LogP) is 3.79. The molecule has 3 N–H and O–H groups in total. The lowest BCUT2D eigenvalue weighted by Gasteiger charge is -2.29. The number of anilines is 2. The first-order valence-electron chi connectivity index (χ1n) is 13.5. The number of nitrogens with one attached hydrogen (secondary N) is 2. The molecule has 0 unspecified atom stereocenters. The largest absolute Gasteiger partial charge is 0.492 e. The molecule has 40 heavy (non-hydrogen) atoms. The number of aliphatic hydroxyl groups is 1. The lowest BCUT2D eigenvalue weighted by atomic mass is 10.1. The number of likely N-dealkylation sites (tertiary alicyclic amines) is 1. The summed E-state index contributed by atoms with van der Waals surface area (Å²) < 4.78 is 11.1. The van der Waals surface area contributed by atoms with Crippen LogP contribution < -0.4 is 15.4 Å². The molecule has 2 aromatic carbocycles. The Morgan fingerprint density at radius 1 is 0.975 bits per heavy atom. The molecule has 1 aliphatic rings. The first-order chi connectivity index (χ1) is 19.1. The standard InChI is InChI=1S/C30H37N5O5/c1-30(2,3)40-27(37)20-31-28(38)22-6-4-21(5-7-22)23-18-32-29(33-19-23)34-24-8-10-26(11-9-24)39-17-16-35-14-12-25(36)13-15-35/h4-11,18-19,25,36H,12-17,20H2,1-3H3,(H,31,38)(H,32,33,34). The first-order valence-corrected chi connectivity index (χ1v) is 13.5. The van der Waals surface area contributed by atoms with E-state index in [1.807, 2.05) is 36.4 Å². The van der Waals surface area contributed by atoms with E-state index in [-0.39, 0.29) is 18.6 Å². The summed E-state index contributed by atoms with van der Waals surface area (Å²) >= 11 is 0. The third-order valence-corrected chi connectivity index (χ3v) is 6.29. The normalized spacial score (nSPS) is 14.4. The Bertz CT molecular complexity index is 1250. The topological polar surface area (TPSA) is 126 Å². The molecule has 0 saturated carbocycles. The number of hydrogen-bond acceptors (Lipinski definition) is 9. The Labute approximate surface area is 234 Å². The van der Waals surface area contributed by atoms with Gasteiger partial charge in [0.25, 0.3) is 5.91 Å². The third-order valence-electron chi connectivity index (χ3n) is 6.29. The zero-order valence-electron chi connectivity index (χ0n) is 23.2. The van der Waals surface area contributed by atoms with Gasteiger partial charge in [0.15, 0.2) is 0 Å². The van der Waals surface area contributed by atoms with Gasteiger partial charge in [0.1, 0.15) is 24.5 Å². The summed E-state index contributed by atoms with van der Waals surface area (Å²) in [5.74, 6) is 0.412. The molecule has 0 aliphatic carbocycles. The molecule has 10 nitrogen and oxygen atoms in total. The molecule has 1 saturated heterocycles. The van der Waals surface area contributed by atoms with Gasteiger partial charge in [0.2, 0.25) is 5.95 Å². The second-order valence-electron chi connectivity index (χ2n) is 10.7. The van der Waals surface area contributed by atoms with Crippen molar-refractivity contribution in [1.82, 2.24) is 20.2 Å². The van der Waals surface area contributed by atoms with Gasteiger partial charge in [-0.2, -0.15) is 0 Å². The van der Waals surface area contributed by atoms with Crippen molar-refractivity contribution in [3.05, 3.63) is 66.5 Å². The van der Waals surface area contributed by atoms with Crippen LogP contribution in [0.25, 0.3) is 11.1 Å². The lowest BCUT2D eigenvalue weighted by Crippen LogP contribution is -2.38. The fourth-order valence-electron chi connectivity index (χ4n) is 4.19. The van der Waals surface area contributed by atoms with Crippen molar-refractivity contribution < 1.29 is 24.2 Å². The smallest absolute Gasteiger partial charge is 0.325 e. The van der Waals surface area contributed by atoms with E-state index in [4.69, 9.17) is 9.47 Å². The zero-order chi connectivity index (χ0) is 28.5. The Morgan fingerprint density at radius 2 is 1.62 bits per heavy atom. The fraction of sp³-hybridized carbons (Fsp3) is 0.400. The van der Waals surface area contributed by atoms with Crippen LogP contribution in [0.4, 0.5) is 11.6 Å². The van der Waals surface area contributed by atoms with Crippen LogP contribution in [0.2, 0.25) is 0 Å². The number of hydrogen-bond donors (Lipinski definition) is 3. The van der Waals surface area contributed by atoms with Gasteiger partial charge in [0, 0.05) is 48.8 Å². The van der Waals surface area contributed by atoms with E-state index in [9.17, 15) is 14.7 Å². The molecule has 2 heterocycles. The molecule has 0 radical (unpaired) electrons. The van der Waals surface area contributed by atoms with E-state index in [0.717, 1.165) is 55.0 Å². The van der Waals surface area contributed by atoms with Crippen LogP contribution in [0, 0.1) is 0 Å². The highest BCUT2D eigenvalue weighted by Crippen LogP contribution is 2.22. The Kier molecular flexibility index (Phi) is 9.68. The second kappa shape index (κ2) is 13.4. The number of aliphatic hydroxyl groups excluding tert-OH is 1. The molecular formula is C30H37N5O5. The zero-order valence-corrected chi connectivity index (χ0v) is 23.2. The van der Waals surface area contributed by atoms with Crippen molar-refractivity contribution in [2.45, 2.75) is 45.3 Å². The van der Waals surface area contributed by atoms with E-state index in [1.165, 1.54) is 0 Å². The molecule has 10 heteroatoms. The maximum atomic E-state index is 12.4. The highest BCUT2D eigenvalue weighted by atomic mass is 16.6. The van der Waals surface area contributed by atoms with E-state index in [1.54, 1.807) is 45.3 Å². The molecule has 1 aromatic heterocycles. The van der Waals surface area contributed by atoms with Gasteiger partial charge in [-0.25, -0.2) is 9.97 Å². The molecule has 1 fully saturated rings. The quantitative estimate of drug-likeness (QED) is 0.325. The Morgan fingerprint density at radius 3 is 2.25 bits per heavy atom. The van der Waals surface area contributed by atoms with Crippen LogP contribution in [-0.2, 0) is 9.53 Å². The molecule has 0 atom stereocenters. The van der Waals surface area contributed by atoms with Gasteiger partial charge in [-0.15, -0.1) is 0 Å². The highest BCUT2D eigenvalue weighted by molar-refractivity contribution is 5.96. The maximum Gasteiger partial charge on any atom is 0.325 e. The van der Waals surface area contributed by atoms with Gasteiger partial charge in [-0.05, 0) is 75.6 Å². The number of rotatable bonds is 10. The summed E-state index contributed by atoms with van der Waals surface area (Å²) in [5.41, 5.74) is 2.34. The van der Waals surface area contributed by atoms with Crippen molar-refractivity contribution in [1.29, 1.82) is 0 Å². The number of carbonyl (C=O) groups is 2. The van der Waals surface area contributed by atoms with E-state index < -0.39 is 11.6 Å². The minimum absolute atomic E-state index is 0.164. The van der Waals surface area contributed by atoms with E-state index >= 15 is 0 Å². The molecule has 3 aromatic rings.